The number of carboxylic acid groups (broad SMARTS) is 1. The maximum atomic E-state index is 11.7. The Kier molecular flexibility index (Phi) is 8.22. The van der Waals surface area contributed by atoms with Crippen molar-refractivity contribution in [3.05, 3.63) is 0 Å². The van der Waals surface area contributed by atoms with Crippen LogP contribution in [0.4, 0.5) is 4.79 Å². The lowest BCUT2D eigenvalue weighted by Crippen LogP contribution is -2.45. The Morgan fingerprint density at radius 1 is 1.25 bits per heavy atom. The molecule has 0 aliphatic carbocycles. The molecule has 0 rings (SSSR count). The van der Waals surface area contributed by atoms with E-state index in [1.165, 1.54) is 0 Å². The highest BCUT2D eigenvalue weighted by atomic mass is 16.4. The number of urea groups is 1. The fourth-order valence-electron chi connectivity index (χ4n) is 2.17. The molecule has 0 saturated carbocycles. The second-order valence-corrected chi connectivity index (χ2v) is 6.29. The number of hydrogen-bond donors (Lipinski definition) is 3. The van der Waals surface area contributed by atoms with Crippen LogP contribution in [0.2, 0.25) is 0 Å². The van der Waals surface area contributed by atoms with Crippen LogP contribution in [-0.2, 0) is 4.79 Å². The molecule has 2 amide bonds. The lowest BCUT2D eigenvalue weighted by Gasteiger charge is -2.28. The number of nitrogens with one attached hydrogen (secondary N) is 2. The van der Waals surface area contributed by atoms with Crippen molar-refractivity contribution in [3.8, 4) is 0 Å². The molecular weight excluding hydrogens is 258 g/mol. The average molecular weight is 287 g/mol. The first kappa shape index (κ1) is 18.7. The predicted molar refractivity (Wildman–Crippen MR) is 79.8 cm³/mol. The summed E-state index contributed by atoms with van der Waals surface area (Å²) in [5, 5.41) is 14.4. The van der Waals surface area contributed by atoms with Crippen molar-refractivity contribution in [3.63, 3.8) is 0 Å². The molecule has 1 unspecified atom stereocenters. The van der Waals surface area contributed by atoms with Gasteiger partial charge < -0.3 is 20.6 Å². The highest BCUT2D eigenvalue weighted by molar-refractivity contribution is 5.75. The molecule has 0 bridgehead atoms. The number of hydrogen-bond acceptors (Lipinski definition) is 3. The first-order valence-electron chi connectivity index (χ1n) is 7.07. The van der Waals surface area contributed by atoms with Crippen LogP contribution in [0.3, 0.4) is 0 Å². The molecule has 0 spiro atoms. The number of rotatable bonds is 9. The van der Waals surface area contributed by atoms with Crippen molar-refractivity contribution >= 4 is 12.0 Å². The zero-order chi connectivity index (χ0) is 15.8. The van der Waals surface area contributed by atoms with Crippen molar-refractivity contribution in [1.82, 2.24) is 15.5 Å². The number of carbonyl (C=O) groups is 2. The Balaban J connectivity index is 4.08. The summed E-state index contributed by atoms with van der Waals surface area (Å²) in [7, 11) is 3.98. The molecule has 3 N–H and O–H groups in total. The van der Waals surface area contributed by atoms with Crippen molar-refractivity contribution in [2.75, 3.05) is 33.7 Å². The van der Waals surface area contributed by atoms with E-state index in [0.717, 1.165) is 13.0 Å². The molecule has 0 heterocycles. The molecule has 118 valence electrons. The first-order valence-corrected chi connectivity index (χ1v) is 7.07. The van der Waals surface area contributed by atoms with E-state index >= 15 is 0 Å². The summed E-state index contributed by atoms with van der Waals surface area (Å²) in [6.45, 7) is 7.65. The highest BCUT2D eigenvalue weighted by Crippen LogP contribution is 2.13. The molecule has 0 radical (unpaired) electrons. The summed E-state index contributed by atoms with van der Waals surface area (Å²) in [6.07, 6.45) is 1.36. The van der Waals surface area contributed by atoms with E-state index in [1.807, 2.05) is 21.0 Å². The van der Waals surface area contributed by atoms with Gasteiger partial charge in [0.25, 0.3) is 0 Å². The number of aliphatic carboxylic acids is 1. The van der Waals surface area contributed by atoms with Gasteiger partial charge in [0.1, 0.15) is 0 Å². The van der Waals surface area contributed by atoms with E-state index in [2.05, 4.69) is 29.4 Å². The highest BCUT2D eigenvalue weighted by Gasteiger charge is 2.21. The molecular formula is C14H29N3O3. The molecule has 0 aromatic heterocycles. The monoisotopic (exact) mass is 287 g/mol. The second kappa shape index (κ2) is 8.79. The third kappa shape index (κ3) is 8.74. The average Bonchev–Trinajstić information content (AvgIpc) is 2.30. The van der Waals surface area contributed by atoms with Crippen LogP contribution in [0.25, 0.3) is 0 Å². The topological polar surface area (TPSA) is 81.7 Å². The molecule has 20 heavy (non-hydrogen) atoms. The van der Waals surface area contributed by atoms with Crippen LogP contribution in [-0.4, -0.2) is 55.7 Å². The summed E-state index contributed by atoms with van der Waals surface area (Å²) in [4.78, 5) is 24.7. The molecule has 6 heteroatoms. The summed E-state index contributed by atoms with van der Waals surface area (Å²) in [6, 6.07) is -0.306. The maximum Gasteiger partial charge on any atom is 0.314 e. The second-order valence-electron chi connectivity index (χ2n) is 6.29. The molecule has 0 aromatic rings. The Hall–Kier alpha value is -1.30. The predicted octanol–water partition coefficient (Wildman–Crippen LogP) is 1.37. The summed E-state index contributed by atoms with van der Waals surface area (Å²) >= 11 is 0. The lowest BCUT2D eigenvalue weighted by atomic mass is 9.93. The Labute approximate surface area is 121 Å². The van der Waals surface area contributed by atoms with Crippen LogP contribution in [0, 0.1) is 11.3 Å². The Bertz CT molecular complexity index is 317. The molecule has 0 aliphatic rings. The zero-order valence-corrected chi connectivity index (χ0v) is 13.3. The minimum Gasteiger partial charge on any atom is -0.481 e. The molecule has 0 fully saturated rings. The van der Waals surface area contributed by atoms with Gasteiger partial charge in [0.05, 0.1) is 5.92 Å². The third-order valence-corrected chi connectivity index (χ3v) is 2.97. The van der Waals surface area contributed by atoms with Crippen LogP contribution < -0.4 is 10.6 Å². The van der Waals surface area contributed by atoms with E-state index in [4.69, 9.17) is 5.11 Å². The van der Waals surface area contributed by atoms with Crippen LogP contribution in [0.1, 0.15) is 33.6 Å². The normalized spacial score (nSPS) is 13.1. The lowest BCUT2D eigenvalue weighted by molar-refractivity contribution is -0.141. The minimum atomic E-state index is -0.861. The van der Waals surface area contributed by atoms with Gasteiger partial charge in [-0.25, -0.2) is 4.79 Å². The maximum absolute atomic E-state index is 11.7. The van der Waals surface area contributed by atoms with Crippen molar-refractivity contribution in [2.24, 2.45) is 11.3 Å². The molecule has 0 aliphatic heterocycles. The fourth-order valence-corrected chi connectivity index (χ4v) is 2.17. The third-order valence-electron chi connectivity index (χ3n) is 2.97. The summed E-state index contributed by atoms with van der Waals surface area (Å²) < 4.78 is 0. The van der Waals surface area contributed by atoms with E-state index in [1.54, 1.807) is 0 Å². The van der Waals surface area contributed by atoms with Crippen molar-refractivity contribution < 1.29 is 14.7 Å². The van der Waals surface area contributed by atoms with E-state index in [-0.39, 0.29) is 18.0 Å². The number of carboxylic acids is 1. The van der Waals surface area contributed by atoms with E-state index in [0.29, 0.717) is 13.0 Å². The summed E-state index contributed by atoms with van der Waals surface area (Å²) in [5.41, 5.74) is -0.0313. The van der Waals surface area contributed by atoms with E-state index < -0.39 is 11.9 Å². The van der Waals surface area contributed by atoms with Crippen LogP contribution >= 0.6 is 0 Å². The van der Waals surface area contributed by atoms with Crippen molar-refractivity contribution in [2.45, 2.75) is 33.6 Å². The van der Waals surface area contributed by atoms with Gasteiger partial charge in [-0.1, -0.05) is 27.2 Å². The summed E-state index contributed by atoms with van der Waals surface area (Å²) in [5.74, 6) is -1.37. The Morgan fingerprint density at radius 2 is 1.85 bits per heavy atom. The minimum absolute atomic E-state index is 0.0313. The molecule has 6 nitrogen and oxygen atoms in total. The number of amides is 2. The SMILES string of the molecule is CCCC(CNC(=O)NCC(C)(C)CN(C)C)C(=O)O. The molecule has 0 aromatic carbocycles. The zero-order valence-electron chi connectivity index (χ0n) is 13.3. The van der Waals surface area contributed by atoms with Crippen LogP contribution in [0.5, 0.6) is 0 Å². The largest absolute Gasteiger partial charge is 0.481 e. The smallest absolute Gasteiger partial charge is 0.314 e. The van der Waals surface area contributed by atoms with Crippen LogP contribution in [0.15, 0.2) is 0 Å². The van der Waals surface area contributed by atoms with E-state index in [9.17, 15) is 9.59 Å². The van der Waals surface area contributed by atoms with Gasteiger partial charge in [0.15, 0.2) is 0 Å². The van der Waals surface area contributed by atoms with Gasteiger partial charge in [-0.3, -0.25) is 4.79 Å². The van der Waals surface area contributed by atoms with Crippen molar-refractivity contribution in [1.29, 1.82) is 0 Å². The molecule has 1 atom stereocenters. The van der Waals surface area contributed by atoms with Gasteiger partial charge in [-0.15, -0.1) is 0 Å². The van der Waals surface area contributed by atoms with Gasteiger partial charge in [-0.2, -0.15) is 0 Å². The number of carbonyl (C=O) groups excluding carboxylic acids is 1. The van der Waals surface area contributed by atoms with Gasteiger partial charge in [-0.05, 0) is 25.9 Å². The quantitative estimate of drug-likeness (QED) is 0.598. The van der Waals surface area contributed by atoms with Gasteiger partial charge in [0.2, 0.25) is 0 Å². The molecule has 0 saturated heterocycles. The van der Waals surface area contributed by atoms with Gasteiger partial charge in [0, 0.05) is 19.6 Å². The standard InChI is InChI=1S/C14H29N3O3/c1-6-7-11(12(18)19)8-15-13(20)16-9-14(2,3)10-17(4)5/h11H,6-10H2,1-5H3,(H,18,19)(H2,15,16,20). The first-order chi connectivity index (χ1) is 9.18. The van der Waals surface area contributed by atoms with Gasteiger partial charge >= 0.3 is 12.0 Å². The fraction of sp³-hybridized carbons (Fsp3) is 0.857. The number of nitrogens with zero attached hydrogens (tertiary/aromatic N) is 1. The Morgan fingerprint density at radius 3 is 2.30 bits per heavy atom.